The summed E-state index contributed by atoms with van der Waals surface area (Å²) >= 11 is 6.22. The van der Waals surface area contributed by atoms with Crippen LogP contribution in [-0.2, 0) is 26.2 Å². The molecule has 0 radical (unpaired) electrons. The average molecular weight is 580 g/mol. The molecular weight excluding hydrogens is 542 g/mol. The van der Waals surface area contributed by atoms with Gasteiger partial charge in [0, 0.05) is 25.6 Å². The fourth-order valence-corrected chi connectivity index (χ4v) is 5.97. The van der Waals surface area contributed by atoms with Crippen LogP contribution < -0.4 is 19.1 Å². The van der Waals surface area contributed by atoms with Gasteiger partial charge in [0.25, 0.3) is 0 Å². The Labute approximate surface area is 236 Å². The van der Waals surface area contributed by atoms with Gasteiger partial charge in [0.15, 0.2) is 0 Å². The maximum absolute atomic E-state index is 13.5. The Bertz CT molecular complexity index is 1250. The number of carbonyl (C=O) groups excluding carboxylic acids is 2. The molecule has 3 rings (SSSR count). The van der Waals surface area contributed by atoms with Crippen LogP contribution in [0.25, 0.3) is 0 Å². The molecule has 0 saturated heterocycles. The number of anilines is 1. The van der Waals surface area contributed by atoms with E-state index in [1.165, 1.54) is 17.5 Å². The van der Waals surface area contributed by atoms with Crippen molar-refractivity contribution in [3.63, 3.8) is 0 Å². The lowest BCUT2D eigenvalue weighted by Gasteiger charge is -2.30. The summed E-state index contributed by atoms with van der Waals surface area (Å²) in [5.41, 5.74) is 1.21. The van der Waals surface area contributed by atoms with Gasteiger partial charge in [-0.25, -0.2) is 8.42 Å². The predicted octanol–water partition coefficient (Wildman–Crippen LogP) is 4.38. The van der Waals surface area contributed by atoms with Gasteiger partial charge >= 0.3 is 0 Å². The van der Waals surface area contributed by atoms with Crippen molar-refractivity contribution < 1.29 is 27.5 Å². The molecule has 0 aromatic heterocycles. The van der Waals surface area contributed by atoms with Gasteiger partial charge in [0.1, 0.15) is 17.5 Å². The van der Waals surface area contributed by atoms with Gasteiger partial charge in [-0.05, 0) is 62.1 Å². The van der Waals surface area contributed by atoms with E-state index in [2.05, 4.69) is 5.32 Å². The Kier molecular flexibility index (Phi) is 10.9. The van der Waals surface area contributed by atoms with E-state index in [0.717, 1.165) is 37.5 Å². The van der Waals surface area contributed by atoms with Gasteiger partial charge in [0.2, 0.25) is 21.8 Å². The van der Waals surface area contributed by atoms with Gasteiger partial charge in [-0.2, -0.15) is 0 Å². The summed E-state index contributed by atoms with van der Waals surface area (Å²) in [5, 5.41) is 3.37. The molecule has 1 aliphatic carbocycles. The first-order valence-corrected chi connectivity index (χ1v) is 15.3. The molecule has 39 heavy (non-hydrogen) atoms. The normalized spacial score (nSPS) is 14.5. The van der Waals surface area contributed by atoms with Crippen LogP contribution in [0.2, 0.25) is 5.02 Å². The van der Waals surface area contributed by atoms with Crippen molar-refractivity contribution in [3.8, 4) is 11.5 Å². The molecular formula is C28H38ClN3O6S. The molecule has 2 aromatic rings. The number of rotatable bonds is 13. The second kappa shape index (κ2) is 13.9. The molecule has 2 aromatic carbocycles. The van der Waals surface area contributed by atoms with Crippen molar-refractivity contribution in [3.05, 3.63) is 53.1 Å². The number of carbonyl (C=O) groups is 2. The Morgan fingerprint density at radius 2 is 1.82 bits per heavy atom. The molecule has 214 valence electrons. The molecule has 0 unspecified atom stereocenters. The van der Waals surface area contributed by atoms with E-state index < -0.39 is 16.1 Å². The van der Waals surface area contributed by atoms with Crippen LogP contribution >= 0.6 is 11.6 Å². The number of sulfonamides is 1. The van der Waals surface area contributed by atoms with E-state index in [0.29, 0.717) is 17.2 Å². The van der Waals surface area contributed by atoms with Crippen molar-refractivity contribution in [1.82, 2.24) is 10.2 Å². The highest BCUT2D eigenvalue weighted by atomic mass is 35.5. The molecule has 11 heteroatoms. The van der Waals surface area contributed by atoms with Crippen LogP contribution in [0, 0.1) is 0 Å². The van der Waals surface area contributed by atoms with Crippen LogP contribution in [0.5, 0.6) is 11.5 Å². The molecule has 1 fully saturated rings. The van der Waals surface area contributed by atoms with Gasteiger partial charge in [-0.15, -0.1) is 0 Å². The Balaban J connectivity index is 1.74. The third-order valence-electron chi connectivity index (χ3n) is 6.93. The van der Waals surface area contributed by atoms with Crippen LogP contribution in [0.1, 0.15) is 51.0 Å². The van der Waals surface area contributed by atoms with Crippen LogP contribution in [0.15, 0.2) is 42.5 Å². The number of benzene rings is 2. The second-order valence-electron chi connectivity index (χ2n) is 9.80. The summed E-state index contributed by atoms with van der Waals surface area (Å²) in [4.78, 5) is 28.2. The predicted molar refractivity (Wildman–Crippen MR) is 153 cm³/mol. The smallest absolute Gasteiger partial charge is 0.242 e. The SMILES string of the molecule is COc1cccc(CN(C(=O)CCCN(c2ccc(OC)c(Cl)c2)S(C)(=O)=O)[C@@H](C)C(=O)NC2CCCC2)c1. The Morgan fingerprint density at radius 1 is 1.10 bits per heavy atom. The number of ether oxygens (including phenoxy) is 2. The minimum absolute atomic E-state index is 0.0565. The van der Waals surface area contributed by atoms with Crippen molar-refractivity contribution in [2.45, 2.75) is 64.1 Å². The van der Waals surface area contributed by atoms with Crippen molar-refractivity contribution >= 4 is 39.1 Å². The van der Waals surface area contributed by atoms with E-state index in [4.69, 9.17) is 21.1 Å². The number of methoxy groups -OCH3 is 2. The number of nitrogens with one attached hydrogen (secondary N) is 1. The number of amides is 2. The number of halogens is 1. The van der Waals surface area contributed by atoms with Crippen molar-refractivity contribution in [1.29, 1.82) is 0 Å². The van der Waals surface area contributed by atoms with E-state index in [-0.39, 0.29) is 48.8 Å². The van der Waals surface area contributed by atoms with Gasteiger partial charge in [-0.3, -0.25) is 13.9 Å². The first kappa shape index (κ1) is 30.6. The number of hydrogen-bond donors (Lipinski definition) is 1. The fourth-order valence-electron chi connectivity index (χ4n) is 4.76. The third kappa shape index (κ3) is 8.50. The molecule has 1 saturated carbocycles. The quantitative estimate of drug-likeness (QED) is 0.378. The first-order valence-electron chi connectivity index (χ1n) is 13.1. The topological polar surface area (TPSA) is 105 Å². The summed E-state index contributed by atoms with van der Waals surface area (Å²) in [5.74, 6) is 0.656. The van der Waals surface area contributed by atoms with Crippen LogP contribution in [-0.4, -0.2) is 64.2 Å². The molecule has 1 aliphatic rings. The van der Waals surface area contributed by atoms with E-state index in [1.807, 2.05) is 24.3 Å². The van der Waals surface area contributed by atoms with Crippen molar-refractivity contribution in [2.75, 3.05) is 31.3 Å². The van der Waals surface area contributed by atoms with E-state index in [9.17, 15) is 18.0 Å². The number of nitrogens with zero attached hydrogens (tertiary/aromatic N) is 2. The summed E-state index contributed by atoms with van der Waals surface area (Å²) in [7, 11) is -0.589. The lowest BCUT2D eigenvalue weighted by atomic mass is 10.1. The Hall–Kier alpha value is -2.98. The summed E-state index contributed by atoms with van der Waals surface area (Å²) in [6, 6.07) is 11.5. The van der Waals surface area contributed by atoms with E-state index in [1.54, 1.807) is 31.1 Å². The van der Waals surface area contributed by atoms with Gasteiger partial charge < -0.3 is 19.7 Å². The minimum Gasteiger partial charge on any atom is -0.497 e. The second-order valence-corrected chi connectivity index (χ2v) is 12.1. The fraction of sp³-hybridized carbons (Fsp3) is 0.500. The average Bonchev–Trinajstić information content (AvgIpc) is 3.41. The Morgan fingerprint density at radius 3 is 2.44 bits per heavy atom. The van der Waals surface area contributed by atoms with Crippen molar-refractivity contribution in [2.24, 2.45) is 0 Å². The molecule has 0 spiro atoms. The summed E-state index contributed by atoms with van der Waals surface area (Å²) in [6.45, 7) is 2.02. The molecule has 2 amide bonds. The zero-order chi connectivity index (χ0) is 28.6. The largest absolute Gasteiger partial charge is 0.497 e. The van der Waals surface area contributed by atoms with Crippen LogP contribution in [0.4, 0.5) is 5.69 Å². The minimum atomic E-state index is -3.64. The maximum Gasteiger partial charge on any atom is 0.242 e. The lowest BCUT2D eigenvalue weighted by molar-refractivity contribution is -0.141. The third-order valence-corrected chi connectivity index (χ3v) is 8.42. The first-order chi connectivity index (χ1) is 18.5. The van der Waals surface area contributed by atoms with Gasteiger partial charge in [0.05, 0.1) is 31.2 Å². The van der Waals surface area contributed by atoms with E-state index >= 15 is 0 Å². The maximum atomic E-state index is 13.5. The molecule has 9 nitrogen and oxygen atoms in total. The monoisotopic (exact) mass is 579 g/mol. The highest BCUT2D eigenvalue weighted by Crippen LogP contribution is 2.30. The lowest BCUT2D eigenvalue weighted by Crippen LogP contribution is -2.49. The summed E-state index contributed by atoms with van der Waals surface area (Å²) in [6.07, 6.45) is 5.47. The molecule has 0 bridgehead atoms. The molecule has 0 aliphatic heterocycles. The standard InChI is InChI=1S/C28H38ClN3O6S/c1-20(28(34)30-22-10-5-6-11-22)31(19-21-9-7-12-24(17-21)37-2)27(33)13-8-16-32(39(4,35)36)23-14-15-26(38-3)25(29)18-23/h7,9,12,14-15,17-18,20,22H,5-6,8,10-11,13,16,19H2,1-4H3,(H,30,34)/t20-/m0/s1. The van der Waals surface area contributed by atoms with Crippen LogP contribution in [0.3, 0.4) is 0 Å². The molecule has 0 heterocycles. The number of hydrogen-bond acceptors (Lipinski definition) is 6. The molecule has 1 atom stereocenters. The zero-order valence-corrected chi connectivity index (χ0v) is 24.6. The highest BCUT2D eigenvalue weighted by molar-refractivity contribution is 7.92. The zero-order valence-electron chi connectivity index (χ0n) is 23.0. The summed E-state index contributed by atoms with van der Waals surface area (Å²) < 4.78 is 36.8. The molecule has 1 N–H and O–H groups in total. The highest BCUT2D eigenvalue weighted by Gasteiger charge is 2.29. The van der Waals surface area contributed by atoms with Gasteiger partial charge in [-0.1, -0.05) is 36.6 Å².